The van der Waals surface area contributed by atoms with Crippen LogP contribution < -0.4 is 14.8 Å². The molecule has 1 heterocycles. The maximum absolute atomic E-state index is 11.2. The van der Waals surface area contributed by atoms with Crippen molar-refractivity contribution in [2.24, 2.45) is 0 Å². The number of carbonyl (C=O) groups is 1. The van der Waals surface area contributed by atoms with E-state index in [1.165, 1.54) is 0 Å². The Balaban J connectivity index is 2.11. The number of ether oxygens (including phenoxy) is 2. The van der Waals surface area contributed by atoms with E-state index in [-0.39, 0.29) is 5.91 Å². The number of para-hydroxylation sites is 1. The van der Waals surface area contributed by atoms with Crippen molar-refractivity contribution >= 4 is 5.91 Å². The molecule has 0 aliphatic carbocycles. The highest BCUT2D eigenvalue weighted by atomic mass is 16.6. The fraction of sp³-hybridized carbons (Fsp3) is 0.417. The first-order chi connectivity index (χ1) is 7.81. The highest BCUT2D eigenvalue weighted by Crippen LogP contribution is 2.34. The standard InChI is InChI=1S/C12H15NO3/c1-13-11(14)6-5-9-3-2-4-10-12(9)16-8-7-15-10/h2-4H,5-8H2,1H3,(H,13,14). The van der Waals surface area contributed by atoms with Crippen LogP contribution in [0.15, 0.2) is 18.2 Å². The molecule has 2 rings (SSSR count). The number of amides is 1. The molecule has 1 N–H and O–H groups in total. The Hall–Kier alpha value is -1.71. The van der Waals surface area contributed by atoms with Crippen LogP contribution in [0.25, 0.3) is 0 Å². The first kappa shape index (κ1) is 10.8. The smallest absolute Gasteiger partial charge is 0.220 e. The van der Waals surface area contributed by atoms with Crippen LogP contribution in [0.2, 0.25) is 0 Å². The second kappa shape index (κ2) is 4.88. The molecule has 0 spiro atoms. The average molecular weight is 221 g/mol. The summed E-state index contributed by atoms with van der Waals surface area (Å²) in [6.45, 7) is 1.16. The number of aryl methyl sites for hydroxylation is 1. The predicted octanol–water partition coefficient (Wildman–Crippen LogP) is 1.14. The molecule has 16 heavy (non-hydrogen) atoms. The van der Waals surface area contributed by atoms with Crippen LogP contribution in [-0.2, 0) is 11.2 Å². The van der Waals surface area contributed by atoms with Gasteiger partial charge < -0.3 is 14.8 Å². The maximum Gasteiger partial charge on any atom is 0.220 e. The number of fused-ring (bicyclic) bond motifs is 1. The third-order valence-electron chi connectivity index (χ3n) is 2.55. The van der Waals surface area contributed by atoms with Crippen molar-refractivity contribution in [1.29, 1.82) is 0 Å². The van der Waals surface area contributed by atoms with Crippen molar-refractivity contribution in [2.45, 2.75) is 12.8 Å². The van der Waals surface area contributed by atoms with Gasteiger partial charge in [0.05, 0.1) is 0 Å². The Morgan fingerprint density at radius 3 is 3.00 bits per heavy atom. The zero-order valence-electron chi connectivity index (χ0n) is 9.29. The zero-order valence-corrected chi connectivity index (χ0v) is 9.29. The molecule has 0 unspecified atom stereocenters. The number of carbonyl (C=O) groups excluding carboxylic acids is 1. The lowest BCUT2D eigenvalue weighted by atomic mass is 10.1. The minimum Gasteiger partial charge on any atom is -0.486 e. The summed E-state index contributed by atoms with van der Waals surface area (Å²) in [4.78, 5) is 11.2. The van der Waals surface area contributed by atoms with Crippen molar-refractivity contribution < 1.29 is 14.3 Å². The first-order valence-electron chi connectivity index (χ1n) is 5.39. The number of benzene rings is 1. The summed E-state index contributed by atoms with van der Waals surface area (Å²) in [7, 11) is 1.64. The summed E-state index contributed by atoms with van der Waals surface area (Å²) in [5, 5.41) is 2.60. The lowest BCUT2D eigenvalue weighted by Crippen LogP contribution is -2.19. The molecule has 1 aromatic carbocycles. The van der Waals surface area contributed by atoms with Gasteiger partial charge in [0.15, 0.2) is 11.5 Å². The molecule has 1 aromatic rings. The lowest BCUT2D eigenvalue weighted by Gasteiger charge is -2.20. The Bertz CT molecular complexity index is 390. The van der Waals surface area contributed by atoms with Crippen molar-refractivity contribution in [3.63, 3.8) is 0 Å². The molecule has 0 saturated heterocycles. The van der Waals surface area contributed by atoms with Crippen LogP contribution >= 0.6 is 0 Å². The zero-order chi connectivity index (χ0) is 11.4. The maximum atomic E-state index is 11.2. The van der Waals surface area contributed by atoms with E-state index >= 15 is 0 Å². The molecule has 0 bridgehead atoms. The molecule has 0 fully saturated rings. The fourth-order valence-electron chi connectivity index (χ4n) is 1.70. The van der Waals surface area contributed by atoms with Gasteiger partial charge in [-0.2, -0.15) is 0 Å². The SMILES string of the molecule is CNC(=O)CCc1cccc2c1OCCO2. The predicted molar refractivity (Wildman–Crippen MR) is 59.8 cm³/mol. The molecule has 1 aliphatic heterocycles. The van der Waals surface area contributed by atoms with Crippen molar-refractivity contribution in [3.8, 4) is 11.5 Å². The topological polar surface area (TPSA) is 47.6 Å². The number of hydrogen-bond acceptors (Lipinski definition) is 3. The number of nitrogens with one attached hydrogen (secondary N) is 1. The van der Waals surface area contributed by atoms with Gasteiger partial charge in [0.2, 0.25) is 5.91 Å². The van der Waals surface area contributed by atoms with Crippen molar-refractivity contribution in [2.75, 3.05) is 20.3 Å². The summed E-state index contributed by atoms with van der Waals surface area (Å²) in [5.74, 6) is 1.60. The van der Waals surface area contributed by atoms with Gasteiger partial charge in [-0.3, -0.25) is 4.79 Å². The summed E-state index contributed by atoms with van der Waals surface area (Å²) < 4.78 is 11.0. The second-order valence-electron chi connectivity index (χ2n) is 3.61. The Morgan fingerprint density at radius 1 is 1.38 bits per heavy atom. The van der Waals surface area contributed by atoms with Crippen molar-refractivity contribution in [3.05, 3.63) is 23.8 Å². The summed E-state index contributed by atoms with van der Waals surface area (Å²) in [6, 6.07) is 5.78. The third kappa shape index (κ3) is 2.27. The molecule has 4 nitrogen and oxygen atoms in total. The Kier molecular flexibility index (Phi) is 3.29. The highest BCUT2D eigenvalue weighted by Gasteiger charge is 2.15. The van der Waals surface area contributed by atoms with Crippen LogP contribution in [0.4, 0.5) is 0 Å². The van der Waals surface area contributed by atoms with Gasteiger partial charge in [0.1, 0.15) is 13.2 Å². The summed E-state index contributed by atoms with van der Waals surface area (Å²) in [5.41, 5.74) is 1.03. The van der Waals surface area contributed by atoms with Gasteiger partial charge in [0, 0.05) is 13.5 Å². The number of hydrogen-bond donors (Lipinski definition) is 1. The quantitative estimate of drug-likeness (QED) is 0.832. The van der Waals surface area contributed by atoms with Crippen molar-refractivity contribution in [1.82, 2.24) is 5.32 Å². The van der Waals surface area contributed by atoms with E-state index in [4.69, 9.17) is 9.47 Å². The van der Waals surface area contributed by atoms with Gasteiger partial charge in [-0.15, -0.1) is 0 Å². The minimum absolute atomic E-state index is 0.0364. The molecule has 0 saturated carbocycles. The van der Waals surface area contributed by atoms with Gasteiger partial charge >= 0.3 is 0 Å². The Labute approximate surface area is 94.6 Å². The Morgan fingerprint density at radius 2 is 2.19 bits per heavy atom. The largest absolute Gasteiger partial charge is 0.486 e. The van der Waals surface area contributed by atoms with E-state index in [9.17, 15) is 4.79 Å². The van der Waals surface area contributed by atoms with E-state index in [1.54, 1.807) is 7.05 Å². The van der Waals surface area contributed by atoms with E-state index in [0.717, 1.165) is 17.1 Å². The van der Waals surface area contributed by atoms with Gasteiger partial charge in [-0.1, -0.05) is 12.1 Å². The average Bonchev–Trinajstić information content (AvgIpc) is 2.35. The fourth-order valence-corrected chi connectivity index (χ4v) is 1.70. The molecule has 4 heteroatoms. The lowest BCUT2D eigenvalue weighted by molar-refractivity contribution is -0.120. The normalized spacial score (nSPS) is 13.3. The third-order valence-corrected chi connectivity index (χ3v) is 2.55. The number of rotatable bonds is 3. The monoisotopic (exact) mass is 221 g/mol. The van der Waals surface area contributed by atoms with Crippen LogP contribution in [0.3, 0.4) is 0 Å². The van der Waals surface area contributed by atoms with Gasteiger partial charge in [-0.05, 0) is 18.1 Å². The van der Waals surface area contributed by atoms with E-state index in [1.807, 2.05) is 18.2 Å². The molecule has 0 atom stereocenters. The van der Waals surface area contributed by atoms with Gasteiger partial charge in [-0.25, -0.2) is 0 Å². The van der Waals surface area contributed by atoms with E-state index in [0.29, 0.717) is 26.1 Å². The first-order valence-corrected chi connectivity index (χ1v) is 5.39. The molecule has 1 aliphatic rings. The van der Waals surface area contributed by atoms with E-state index in [2.05, 4.69) is 5.32 Å². The molecule has 0 aromatic heterocycles. The molecular weight excluding hydrogens is 206 g/mol. The van der Waals surface area contributed by atoms with Crippen LogP contribution in [0.5, 0.6) is 11.5 Å². The van der Waals surface area contributed by atoms with Gasteiger partial charge in [0.25, 0.3) is 0 Å². The molecular formula is C12H15NO3. The molecule has 0 radical (unpaired) electrons. The van der Waals surface area contributed by atoms with Crippen LogP contribution in [0.1, 0.15) is 12.0 Å². The minimum atomic E-state index is 0.0364. The summed E-state index contributed by atoms with van der Waals surface area (Å²) in [6.07, 6.45) is 1.14. The van der Waals surface area contributed by atoms with E-state index < -0.39 is 0 Å². The molecule has 86 valence electrons. The highest BCUT2D eigenvalue weighted by molar-refractivity contribution is 5.75. The van der Waals surface area contributed by atoms with Crippen LogP contribution in [-0.4, -0.2) is 26.2 Å². The molecule has 1 amide bonds. The second-order valence-corrected chi connectivity index (χ2v) is 3.61. The summed E-state index contributed by atoms with van der Waals surface area (Å²) >= 11 is 0. The van der Waals surface area contributed by atoms with Crippen LogP contribution in [0, 0.1) is 0 Å².